The van der Waals surface area contributed by atoms with Gasteiger partial charge in [0.15, 0.2) is 0 Å². The molecule has 0 heterocycles. The zero-order chi connectivity index (χ0) is 20.9. The van der Waals surface area contributed by atoms with E-state index >= 15 is 0 Å². The van der Waals surface area contributed by atoms with Crippen LogP contribution < -0.4 is 14.6 Å². The predicted octanol–water partition coefficient (Wildman–Crippen LogP) is 3.40. The van der Waals surface area contributed by atoms with Crippen molar-refractivity contribution < 1.29 is 23.1 Å². The number of ether oxygens (including phenoxy) is 1. The molecule has 0 unspecified atom stereocenters. The van der Waals surface area contributed by atoms with Gasteiger partial charge in [-0.3, -0.25) is 0 Å². The third-order valence-electron chi connectivity index (χ3n) is 4.03. The summed E-state index contributed by atoms with van der Waals surface area (Å²) in [6.45, 7) is 0. The number of carboxylic acid groups (broad SMARTS) is 1. The van der Waals surface area contributed by atoms with Crippen molar-refractivity contribution in [1.82, 2.24) is 4.72 Å². The highest BCUT2D eigenvalue weighted by Crippen LogP contribution is 2.27. The number of carbonyl (C=O) groups excluding carboxylic acids is 1. The lowest BCUT2D eigenvalue weighted by Crippen LogP contribution is -2.34. The van der Waals surface area contributed by atoms with E-state index < -0.39 is 28.5 Å². The number of halogens is 1. The largest absolute Gasteiger partial charge is 0.550 e. The van der Waals surface area contributed by atoms with Crippen molar-refractivity contribution in [2.45, 2.75) is 17.4 Å². The predicted molar refractivity (Wildman–Crippen MR) is 110 cm³/mol. The topological polar surface area (TPSA) is 95.5 Å². The molecule has 8 heteroatoms. The molecule has 0 aromatic heterocycles. The molecule has 0 saturated heterocycles. The standard InChI is InChI=1S/C21H18BrNO5S/c22-16-9-11-19(12-10-16)29(26,27)23-20(14-21(24)25)15-5-4-8-18(13-15)28-17-6-2-1-3-7-17/h1-13,20,23H,14H2,(H,24,25)/p-1/t20-/m1/s1. The number of hydrogen-bond donors (Lipinski definition) is 1. The summed E-state index contributed by atoms with van der Waals surface area (Å²) in [5, 5.41) is 11.2. The third kappa shape index (κ3) is 5.90. The Hall–Kier alpha value is -2.68. The second-order valence-corrected chi connectivity index (χ2v) is 8.82. The Labute approximate surface area is 177 Å². The molecule has 3 rings (SSSR count). The summed E-state index contributed by atoms with van der Waals surface area (Å²) in [4.78, 5) is 11.3. The van der Waals surface area contributed by atoms with E-state index in [1.165, 1.54) is 12.1 Å². The molecule has 3 aromatic carbocycles. The fourth-order valence-electron chi connectivity index (χ4n) is 2.68. The zero-order valence-corrected chi connectivity index (χ0v) is 17.5. The average Bonchev–Trinajstić information content (AvgIpc) is 2.68. The van der Waals surface area contributed by atoms with Gasteiger partial charge in [-0.05, 0) is 54.1 Å². The van der Waals surface area contributed by atoms with Crippen molar-refractivity contribution in [3.8, 4) is 11.5 Å². The van der Waals surface area contributed by atoms with Crippen molar-refractivity contribution in [2.75, 3.05) is 0 Å². The minimum absolute atomic E-state index is 0.0285. The SMILES string of the molecule is O=C([O-])C[C@@H](NS(=O)(=O)c1ccc(Br)cc1)c1cccc(Oc2ccccc2)c1. The molecule has 0 saturated carbocycles. The fourth-order valence-corrected chi connectivity index (χ4v) is 4.17. The molecule has 150 valence electrons. The van der Waals surface area contributed by atoms with Gasteiger partial charge in [-0.25, -0.2) is 13.1 Å². The Morgan fingerprint density at radius 3 is 2.28 bits per heavy atom. The Kier molecular flexibility index (Phi) is 6.68. The van der Waals surface area contributed by atoms with E-state index in [1.54, 1.807) is 48.5 Å². The van der Waals surface area contributed by atoms with E-state index in [9.17, 15) is 18.3 Å². The van der Waals surface area contributed by atoms with E-state index in [0.29, 0.717) is 17.1 Å². The number of nitrogens with one attached hydrogen (secondary N) is 1. The van der Waals surface area contributed by atoms with Crippen LogP contribution in [0, 0.1) is 0 Å². The molecule has 29 heavy (non-hydrogen) atoms. The summed E-state index contributed by atoms with van der Waals surface area (Å²) in [7, 11) is -3.94. The zero-order valence-electron chi connectivity index (χ0n) is 15.1. The first-order valence-corrected chi connectivity index (χ1v) is 10.9. The fraction of sp³-hybridized carbons (Fsp3) is 0.0952. The summed E-state index contributed by atoms with van der Waals surface area (Å²) in [5.74, 6) is -0.306. The number of carboxylic acids is 1. The van der Waals surface area contributed by atoms with Crippen molar-refractivity contribution in [3.63, 3.8) is 0 Å². The Morgan fingerprint density at radius 2 is 1.62 bits per heavy atom. The van der Waals surface area contributed by atoms with Gasteiger partial charge in [-0.1, -0.05) is 46.3 Å². The van der Waals surface area contributed by atoms with Crippen LogP contribution in [0.3, 0.4) is 0 Å². The van der Waals surface area contributed by atoms with Gasteiger partial charge < -0.3 is 14.6 Å². The molecule has 0 fully saturated rings. The maximum Gasteiger partial charge on any atom is 0.241 e. The number of para-hydroxylation sites is 1. The van der Waals surface area contributed by atoms with Gasteiger partial charge in [0.1, 0.15) is 11.5 Å². The van der Waals surface area contributed by atoms with Crippen LogP contribution in [0.2, 0.25) is 0 Å². The molecule has 6 nitrogen and oxygen atoms in total. The molecule has 0 amide bonds. The van der Waals surface area contributed by atoms with Gasteiger partial charge in [-0.2, -0.15) is 0 Å². The monoisotopic (exact) mass is 474 g/mol. The lowest BCUT2D eigenvalue weighted by Gasteiger charge is -2.20. The highest BCUT2D eigenvalue weighted by Gasteiger charge is 2.22. The van der Waals surface area contributed by atoms with E-state index in [0.717, 1.165) is 4.47 Å². The van der Waals surface area contributed by atoms with Crippen molar-refractivity contribution >= 4 is 31.9 Å². The van der Waals surface area contributed by atoms with Crippen LogP contribution in [-0.2, 0) is 14.8 Å². The Morgan fingerprint density at radius 1 is 0.966 bits per heavy atom. The van der Waals surface area contributed by atoms with Gasteiger partial charge in [0.2, 0.25) is 10.0 Å². The Balaban J connectivity index is 1.87. The summed E-state index contributed by atoms with van der Waals surface area (Å²) in [6, 6.07) is 20.7. The number of sulfonamides is 1. The summed E-state index contributed by atoms with van der Waals surface area (Å²) in [6.07, 6.45) is -0.523. The number of rotatable bonds is 8. The van der Waals surface area contributed by atoms with Crippen LogP contribution in [0.15, 0.2) is 88.2 Å². The Bertz CT molecular complexity index is 1090. The van der Waals surface area contributed by atoms with Crippen LogP contribution in [-0.4, -0.2) is 14.4 Å². The highest BCUT2D eigenvalue weighted by molar-refractivity contribution is 9.10. The van der Waals surface area contributed by atoms with Gasteiger partial charge in [0, 0.05) is 16.9 Å². The first kappa shape index (κ1) is 21.0. The molecule has 0 bridgehead atoms. The number of hydrogen-bond acceptors (Lipinski definition) is 5. The molecule has 0 aliphatic carbocycles. The minimum atomic E-state index is -3.94. The lowest BCUT2D eigenvalue weighted by molar-refractivity contribution is -0.306. The molecular formula is C21H17BrNO5S-. The van der Waals surface area contributed by atoms with E-state index in [1.807, 2.05) is 18.2 Å². The van der Waals surface area contributed by atoms with Gasteiger partial charge in [-0.15, -0.1) is 0 Å². The van der Waals surface area contributed by atoms with E-state index in [4.69, 9.17) is 4.74 Å². The van der Waals surface area contributed by atoms with Crippen LogP contribution in [0.1, 0.15) is 18.0 Å². The molecule has 1 atom stereocenters. The van der Waals surface area contributed by atoms with Crippen LogP contribution in [0.4, 0.5) is 0 Å². The van der Waals surface area contributed by atoms with E-state index in [-0.39, 0.29) is 4.90 Å². The van der Waals surface area contributed by atoms with Gasteiger partial charge in [0.05, 0.1) is 10.9 Å². The third-order valence-corrected chi connectivity index (χ3v) is 6.05. The first-order chi connectivity index (χ1) is 13.8. The van der Waals surface area contributed by atoms with E-state index in [2.05, 4.69) is 20.7 Å². The summed E-state index contributed by atoms with van der Waals surface area (Å²) >= 11 is 3.25. The lowest BCUT2D eigenvalue weighted by atomic mass is 10.0. The molecule has 0 aliphatic heterocycles. The second-order valence-electron chi connectivity index (χ2n) is 6.19. The summed E-state index contributed by atoms with van der Waals surface area (Å²) < 4.78 is 34.4. The minimum Gasteiger partial charge on any atom is -0.550 e. The van der Waals surface area contributed by atoms with Crippen LogP contribution in [0.5, 0.6) is 11.5 Å². The molecule has 0 aliphatic rings. The molecular weight excluding hydrogens is 458 g/mol. The van der Waals surface area contributed by atoms with Gasteiger partial charge >= 0.3 is 0 Å². The average molecular weight is 475 g/mol. The van der Waals surface area contributed by atoms with Crippen molar-refractivity contribution in [3.05, 3.63) is 88.9 Å². The smallest absolute Gasteiger partial charge is 0.241 e. The molecule has 0 radical (unpaired) electrons. The van der Waals surface area contributed by atoms with Crippen LogP contribution >= 0.6 is 15.9 Å². The highest BCUT2D eigenvalue weighted by atomic mass is 79.9. The number of aliphatic carboxylic acids is 1. The van der Waals surface area contributed by atoms with Crippen molar-refractivity contribution in [2.24, 2.45) is 0 Å². The molecule has 1 N–H and O–H groups in total. The number of carbonyl (C=O) groups is 1. The van der Waals surface area contributed by atoms with Gasteiger partial charge in [0.25, 0.3) is 0 Å². The van der Waals surface area contributed by atoms with Crippen LogP contribution in [0.25, 0.3) is 0 Å². The maximum atomic E-state index is 12.7. The second kappa shape index (κ2) is 9.21. The molecule has 0 spiro atoms. The number of benzene rings is 3. The quantitative estimate of drug-likeness (QED) is 0.539. The maximum absolute atomic E-state index is 12.7. The molecule has 3 aromatic rings. The first-order valence-electron chi connectivity index (χ1n) is 8.64. The normalized spacial score (nSPS) is 12.3. The summed E-state index contributed by atoms with van der Waals surface area (Å²) in [5.41, 5.74) is 0.448. The van der Waals surface area contributed by atoms with Crippen molar-refractivity contribution in [1.29, 1.82) is 0 Å².